The lowest BCUT2D eigenvalue weighted by Gasteiger charge is -2.40. The molecule has 1 heterocycles. The minimum atomic E-state index is -0.244. The quantitative estimate of drug-likeness (QED) is 0.160. The maximum atomic E-state index is 6.91. The van der Waals surface area contributed by atoms with Crippen molar-refractivity contribution in [2.45, 2.75) is 65.4 Å². The molecule has 0 saturated carbocycles. The third-order valence-corrected chi connectivity index (χ3v) is 8.59. The van der Waals surface area contributed by atoms with Crippen molar-refractivity contribution in [2.24, 2.45) is 5.41 Å². The number of hydrogen-bond acceptors (Lipinski definition) is 2. The summed E-state index contributed by atoms with van der Waals surface area (Å²) in [6.45, 7) is 12.1. The Kier molecular flexibility index (Phi) is 9.83. The first-order valence-corrected chi connectivity index (χ1v) is 15.7. The van der Waals surface area contributed by atoms with E-state index in [-0.39, 0.29) is 23.9 Å². The van der Waals surface area contributed by atoms with Gasteiger partial charge in [0.25, 0.3) is 0 Å². The van der Waals surface area contributed by atoms with E-state index in [0.29, 0.717) is 0 Å². The standard InChI is InChI=1S/C39H50N2O2/c1-39(2,3)38-42-36(30-40(4,26-32-18-10-6-11-19-32)27-33-20-12-7-13-21-33)37(43-38)31-41(5,28-34-22-14-8-15-23-34)29-35-24-16-9-17-25-35/h6-25,36-38H,26-31H2,1-5H3/q+2/t36-,37-/m0/s1. The fraction of sp³-hybridized carbons (Fsp3) is 0.385. The fourth-order valence-electron chi connectivity index (χ4n) is 6.59. The van der Waals surface area contributed by atoms with E-state index in [2.05, 4.69) is 156 Å². The zero-order valence-electron chi connectivity index (χ0n) is 26.7. The SMILES string of the molecule is CC(C)(C)C1O[C@@H](C[N+](C)(Cc2ccccc2)Cc2ccccc2)[C@H](C[N+](C)(Cc2ccccc2)Cc2ccccc2)O1. The molecule has 226 valence electrons. The van der Waals surface area contributed by atoms with E-state index < -0.39 is 0 Å². The third-order valence-electron chi connectivity index (χ3n) is 8.59. The molecule has 0 aromatic heterocycles. The molecule has 4 nitrogen and oxygen atoms in total. The summed E-state index contributed by atoms with van der Waals surface area (Å²) in [5.74, 6) is 0. The second kappa shape index (κ2) is 13.6. The monoisotopic (exact) mass is 578 g/mol. The van der Waals surface area contributed by atoms with Crippen LogP contribution in [0.3, 0.4) is 0 Å². The van der Waals surface area contributed by atoms with Gasteiger partial charge in [0.15, 0.2) is 6.29 Å². The Morgan fingerprint density at radius 3 is 0.953 bits per heavy atom. The molecule has 1 aliphatic rings. The highest BCUT2D eigenvalue weighted by Gasteiger charge is 2.48. The largest absolute Gasteiger partial charge is 0.340 e. The Bertz CT molecular complexity index is 1200. The maximum Gasteiger partial charge on any atom is 0.163 e. The molecule has 0 N–H and O–H groups in total. The lowest BCUT2D eigenvalue weighted by molar-refractivity contribution is -0.944. The van der Waals surface area contributed by atoms with Gasteiger partial charge in [-0.2, -0.15) is 0 Å². The number of nitrogens with zero attached hydrogens (tertiary/aromatic N) is 2. The molecular weight excluding hydrogens is 528 g/mol. The summed E-state index contributed by atoms with van der Waals surface area (Å²) in [6.07, 6.45) is -0.289. The van der Waals surface area contributed by atoms with E-state index in [1.54, 1.807) is 0 Å². The van der Waals surface area contributed by atoms with Crippen LogP contribution in [0.5, 0.6) is 0 Å². The Balaban J connectivity index is 1.45. The fourth-order valence-corrected chi connectivity index (χ4v) is 6.59. The summed E-state index contributed by atoms with van der Waals surface area (Å²) < 4.78 is 15.5. The molecule has 0 aliphatic carbocycles. The van der Waals surface area contributed by atoms with Crippen LogP contribution in [0.1, 0.15) is 43.0 Å². The van der Waals surface area contributed by atoms with Crippen LogP contribution in [0.15, 0.2) is 121 Å². The van der Waals surface area contributed by atoms with E-state index >= 15 is 0 Å². The topological polar surface area (TPSA) is 18.5 Å². The van der Waals surface area contributed by atoms with E-state index in [1.165, 1.54) is 22.3 Å². The average Bonchev–Trinajstić information content (AvgIpc) is 3.36. The lowest BCUT2D eigenvalue weighted by atomic mass is 9.96. The second-order valence-electron chi connectivity index (χ2n) is 14.2. The number of quaternary nitrogens is 2. The van der Waals surface area contributed by atoms with E-state index in [4.69, 9.17) is 9.47 Å². The van der Waals surface area contributed by atoms with Crippen molar-refractivity contribution in [3.05, 3.63) is 144 Å². The van der Waals surface area contributed by atoms with Crippen molar-refractivity contribution in [2.75, 3.05) is 27.2 Å². The molecule has 0 bridgehead atoms. The summed E-state index contributed by atoms with van der Waals surface area (Å²) in [4.78, 5) is 0. The van der Waals surface area contributed by atoms with Crippen LogP contribution in [-0.2, 0) is 35.7 Å². The average molecular weight is 579 g/mol. The number of ether oxygens (including phenoxy) is 2. The number of likely N-dealkylation sites (N-methyl/N-ethyl adjacent to an activating group) is 2. The van der Waals surface area contributed by atoms with Gasteiger partial charge in [-0.1, -0.05) is 142 Å². The molecule has 0 amide bonds. The van der Waals surface area contributed by atoms with Crippen molar-refractivity contribution in [1.29, 1.82) is 0 Å². The number of rotatable bonds is 12. The van der Waals surface area contributed by atoms with Crippen molar-refractivity contribution in [3.8, 4) is 0 Å². The molecule has 0 unspecified atom stereocenters. The van der Waals surface area contributed by atoms with Gasteiger partial charge >= 0.3 is 0 Å². The molecule has 5 rings (SSSR count). The Labute approximate surface area is 259 Å². The van der Waals surface area contributed by atoms with Crippen LogP contribution in [0.25, 0.3) is 0 Å². The molecule has 0 spiro atoms. The lowest BCUT2D eigenvalue weighted by Crippen LogP contribution is -2.54. The van der Waals surface area contributed by atoms with Crippen molar-refractivity contribution >= 4 is 0 Å². The van der Waals surface area contributed by atoms with E-state index in [9.17, 15) is 0 Å². The van der Waals surface area contributed by atoms with Gasteiger partial charge in [0.05, 0.1) is 14.1 Å². The zero-order chi connectivity index (χ0) is 30.3. The minimum Gasteiger partial charge on any atom is -0.340 e. The molecule has 0 radical (unpaired) electrons. The van der Waals surface area contributed by atoms with Crippen LogP contribution in [0.4, 0.5) is 0 Å². The van der Waals surface area contributed by atoms with E-state index in [1.807, 2.05) is 0 Å². The summed E-state index contributed by atoms with van der Waals surface area (Å²) in [6, 6.07) is 43.5. The summed E-state index contributed by atoms with van der Waals surface area (Å²) in [5.41, 5.74) is 5.27. The van der Waals surface area contributed by atoms with Crippen LogP contribution < -0.4 is 0 Å². The first-order chi connectivity index (χ1) is 20.6. The van der Waals surface area contributed by atoms with Gasteiger partial charge < -0.3 is 18.4 Å². The Morgan fingerprint density at radius 1 is 0.465 bits per heavy atom. The highest BCUT2D eigenvalue weighted by molar-refractivity contribution is 5.17. The molecule has 4 aromatic carbocycles. The highest BCUT2D eigenvalue weighted by Crippen LogP contribution is 2.36. The van der Waals surface area contributed by atoms with Gasteiger partial charge in [0.2, 0.25) is 0 Å². The van der Waals surface area contributed by atoms with E-state index in [0.717, 1.165) is 48.2 Å². The van der Waals surface area contributed by atoms with Gasteiger partial charge in [-0.25, -0.2) is 0 Å². The predicted molar refractivity (Wildman–Crippen MR) is 176 cm³/mol. The molecular formula is C39H50N2O2+2. The molecule has 43 heavy (non-hydrogen) atoms. The van der Waals surface area contributed by atoms with Crippen LogP contribution in [-0.4, -0.2) is 54.6 Å². The number of benzene rings is 4. The van der Waals surface area contributed by atoms with Gasteiger partial charge in [-0.3, -0.25) is 0 Å². The molecule has 1 aliphatic heterocycles. The first-order valence-electron chi connectivity index (χ1n) is 15.7. The normalized spacial score (nSPS) is 18.2. The van der Waals surface area contributed by atoms with Crippen LogP contribution in [0, 0.1) is 5.41 Å². The molecule has 4 aromatic rings. The van der Waals surface area contributed by atoms with Gasteiger partial charge in [-0.05, 0) is 0 Å². The second-order valence-corrected chi connectivity index (χ2v) is 14.2. The highest BCUT2D eigenvalue weighted by atomic mass is 16.7. The summed E-state index contributed by atoms with van der Waals surface area (Å²) >= 11 is 0. The molecule has 4 heteroatoms. The van der Waals surface area contributed by atoms with Crippen LogP contribution >= 0.6 is 0 Å². The summed E-state index contributed by atoms with van der Waals surface area (Å²) in [5, 5.41) is 0. The maximum absolute atomic E-state index is 6.91. The molecule has 1 saturated heterocycles. The van der Waals surface area contributed by atoms with Gasteiger partial charge in [-0.15, -0.1) is 0 Å². The van der Waals surface area contributed by atoms with Crippen molar-refractivity contribution in [3.63, 3.8) is 0 Å². The van der Waals surface area contributed by atoms with Crippen molar-refractivity contribution < 1.29 is 18.4 Å². The summed E-state index contributed by atoms with van der Waals surface area (Å²) in [7, 11) is 4.76. The smallest absolute Gasteiger partial charge is 0.163 e. The van der Waals surface area contributed by atoms with Crippen molar-refractivity contribution in [1.82, 2.24) is 0 Å². The predicted octanol–water partition coefficient (Wildman–Crippen LogP) is 7.84. The Morgan fingerprint density at radius 2 is 0.721 bits per heavy atom. The zero-order valence-corrected chi connectivity index (χ0v) is 26.7. The number of hydrogen-bond donors (Lipinski definition) is 0. The molecule has 1 fully saturated rings. The van der Waals surface area contributed by atoms with Gasteiger partial charge in [0, 0.05) is 27.7 Å². The third kappa shape index (κ3) is 8.87. The minimum absolute atomic E-state index is 0.0225. The van der Waals surface area contributed by atoms with Crippen LogP contribution in [0.2, 0.25) is 0 Å². The Hall–Kier alpha value is -3.28. The molecule has 2 atom stereocenters. The first kappa shape index (κ1) is 31.2. The van der Waals surface area contributed by atoms with Gasteiger partial charge in [0.1, 0.15) is 51.5 Å².